The predicted molar refractivity (Wildman–Crippen MR) is 123 cm³/mol. The van der Waals surface area contributed by atoms with E-state index >= 15 is 0 Å². The van der Waals surface area contributed by atoms with Crippen LogP contribution >= 0.6 is 11.6 Å². The highest BCUT2D eigenvalue weighted by molar-refractivity contribution is 7.89. The number of halogens is 1. The van der Waals surface area contributed by atoms with E-state index in [1.54, 1.807) is 50.4 Å². The number of amides is 2. The Morgan fingerprint density at radius 1 is 1.09 bits per heavy atom. The topological polar surface area (TPSA) is 96.0 Å². The Hall–Kier alpha value is -2.62. The molecule has 8 nitrogen and oxygen atoms in total. The molecular weight excluding hydrogens is 454 g/mol. The lowest BCUT2D eigenvalue weighted by atomic mass is 9.97. The molecule has 2 aromatic rings. The van der Waals surface area contributed by atoms with Crippen molar-refractivity contribution in [2.24, 2.45) is 5.92 Å². The third kappa shape index (κ3) is 5.59. The lowest BCUT2D eigenvalue weighted by molar-refractivity contribution is -0.120. The number of piperidine rings is 1. The Kier molecular flexibility index (Phi) is 7.76. The molecule has 1 heterocycles. The van der Waals surface area contributed by atoms with Gasteiger partial charge in [0.15, 0.2) is 0 Å². The molecule has 0 aliphatic carbocycles. The van der Waals surface area contributed by atoms with Crippen molar-refractivity contribution in [1.29, 1.82) is 0 Å². The lowest BCUT2D eigenvalue weighted by Crippen LogP contribution is -2.41. The minimum absolute atomic E-state index is 0.153. The first-order valence-corrected chi connectivity index (χ1v) is 12.1. The molecule has 2 aromatic carbocycles. The second-order valence-electron chi connectivity index (χ2n) is 7.43. The number of sulfonamides is 1. The van der Waals surface area contributed by atoms with Crippen LogP contribution in [0.4, 0.5) is 16.2 Å². The van der Waals surface area contributed by atoms with Crippen LogP contribution in [0.1, 0.15) is 19.8 Å². The van der Waals surface area contributed by atoms with Crippen molar-refractivity contribution in [2.45, 2.75) is 24.7 Å². The van der Waals surface area contributed by atoms with E-state index in [-0.39, 0.29) is 36.4 Å². The Labute approximate surface area is 193 Å². The minimum atomic E-state index is -3.61. The van der Waals surface area contributed by atoms with Gasteiger partial charge in [-0.3, -0.25) is 9.69 Å². The molecule has 0 spiro atoms. The number of nitrogens with zero attached hydrogens (tertiary/aromatic N) is 2. The second-order valence-corrected chi connectivity index (χ2v) is 9.80. The van der Waals surface area contributed by atoms with Crippen LogP contribution in [0.3, 0.4) is 0 Å². The first-order valence-electron chi connectivity index (χ1n) is 10.3. The van der Waals surface area contributed by atoms with Crippen LogP contribution in [0.25, 0.3) is 0 Å². The zero-order valence-corrected chi connectivity index (χ0v) is 19.5. The van der Waals surface area contributed by atoms with Crippen LogP contribution in [0.5, 0.6) is 0 Å². The van der Waals surface area contributed by atoms with E-state index in [4.69, 9.17) is 16.3 Å². The van der Waals surface area contributed by atoms with Crippen LogP contribution in [-0.2, 0) is 19.6 Å². The van der Waals surface area contributed by atoms with E-state index in [1.165, 1.54) is 21.3 Å². The zero-order valence-electron chi connectivity index (χ0n) is 18.0. The van der Waals surface area contributed by atoms with Gasteiger partial charge in [-0.1, -0.05) is 11.6 Å². The molecule has 0 atom stereocenters. The average Bonchev–Trinajstić information content (AvgIpc) is 2.79. The van der Waals surface area contributed by atoms with Crippen molar-refractivity contribution < 1.29 is 22.7 Å². The Morgan fingerprint density at radius 3 is 2.25 bits per heavy atom. The first-order chi connectivity index (χ1) is 15.2. The smallest absolute Gasteiger partial charge is 0.413 e. The summed E-state index contributed by atoms with van der Waals surface area (Å²) in [6.07, 6.45) is 0.412. The van der Waals surface area contributed by atoms with E-state index in [0.717, 1.165) is 0 Å². The molecule has 1 fully saturated rings. The van der Waals surface area contributed by atoms with E-state index in [1.807, 2.05) is 0 Å². The predicted octanol–water partition coefficient (Wildman–Crippen LogP) is 3.97. The third-order valence-corrected chi connectivity index (χ3v) is 7.50. The average molecular weight is 480 g/mol. The van der Waals surface area contributed by atoms with Gasteiger partial charge in [0.1, 0.15) is 0 Å². The summed E-state index contributed by atoms with van der Waals surface area (Å²) in [4.78, 5) is 26.0. The summed E-state index contributed by atoms with van der Waals surface area (Å²) in [5, 5.41) is 3.34. The normalized spacial score (nSPS) is 15.2. The van der Waals surface area contributed by atoms with Crippen molar-refractivity contribution in [2.75, 3.05) is 37.0 Å². The minimum Gasteiger partial charge on any atom is -0.449 e. The summed E-state index contributed by atoms with van der Waals surface area (Å²) in [5.74, 6) is -0.436. The van der Waals surface area contributed by atoms with E-state index in [2.05, 4.69) is 5.32 Å². The van der Waals surface area contributed by atoms with Crippen LogP contribution in [0.15, 0.2) is 53.4 Å². The number of nitrogens with one attached hydrogen (secondary N) is 1. The molecule has 172 valence electrons. The quantitative estimate of drug-likeness (QED) is 0.676. The van der Waals surface area contributed by atoms with Crippen molar-refractivity contribution in [3.8, 4) is 0 Å². The SMILES string of the molecule is CCOC(=O)N(C)c1ccc(NC(=O)C2CCN(S(=O)(=O)c3ccc(Cl)cc3)CC2)cc1. The molecule has 32 heavy (non-hydrogen) atoms. The molecular formula is C22H26ClN3O5S. The van der Waals surface area contributed by atoms with Gasteiger partial charge in [0.25, 0.3) is 0 Å². The highest BCUT2D eigenvalue weighted by Crippen LogP contribution is 2.26. The molecule has 1 aliphatic heterocycles. The second kappa shape index (κ2) is 10.3. The van der Waals surface area contributed by atoms with Crippen molar-refractivity contribution in [3.05, 3.63) is 53.6 Å². The number of rotatable bonds is 6. The van der Waals surface area contributed by atoms with Gasteiger partial charge in [-0.15, -0.1) is 0 Å². The van der Waals surface area contributed by atoms with Gasteiger partial charge in [-0.2, -0.15) is 4.31 Å². The molecule has 2 amide bonds. The van der Waals surface area contributed by atoms with Gasteiger partial charge >= 0.3 is 6.09 Å². The fraction of sp³-hybridized carbons (Fsp3) is 0.364. The van der Waals surface area contributed by atoms with Crippen LogP contribution in [0.2, 0.25) is 5.02 Å². The van der Waals surface area contributed by atoms with Gasteiger partial charge in [-0.05, 0) is 68.3 Å². The Bertz CT molecular complexity index is 1050. The number of carbonyl (C=O) groups excluding carboxylic acids is 2. The first kappa shape index (κ1) is 24.0. The van der Waals surface area contributed by atoms with Gasteiger partial charge in [0.05, 0.1) is 11.5 Å². The van der Waals surface area contributed by atoms with E-state index < -0.39 is 16.1 Å². The summed E-state index contributed by atoms with van der Waals surface area (Å²) in [6, 6.07) is 12.9. The summed E-state index contributed by atoms with van der Waals surface area (Å²) >= 11 is 5.84. The maximum Gasteiger partial charge on any atom is 0.413 e. The third-order valence-electron chi connectivity index (χ3n) is 5.34. The fourth-order valence-corrected chi connectivity index (χ4v) is 5.05. The molecule has 0 unspecified atom stereocenters. The summed E-state index contributed by atoms with van der Waals surface area (Å²) in [6.45, 7) is 2.57. The summed E-state index contributed by atoms with van der Waals surface area (Å²) in [7, 11) is -2.00. The maximum absolute atomic E-state index is 12.8. The fourth-order valence-electron chi connectivity index (χ4n) is 3.45. The molecule has 0 aromatic heterocycles. The monoisotopic (exact) mass is 479 g/mol. The van der Waals surface area contributed by atoms with E-state index in [9.17, 15) is 18.0 Å². The number of anilines is 2. The molecule has 1 aliphatic rings. The molecule has 10 heteroatoms. The largest absolute Gasteiger partial charge is 0.449 e. The summed E-state index contributed by atoms with van der Waals surface area (Å²) < 4.78 is 31.9. The number of benzene rings is 2. The molecule has 0 radical (unpaired) electrons. The Balaban J connectivity index is 1.55. The number of carbonyl (C=O) groups is 2. The van der Waals surface area contributed by atoms with Gasteiger partial charge in [0, 0.05) is 42.5 Å². The van der Waals surface area contributed by atoms with Gasteiger partial charge in [0.2, 0.25) is 15.9 Å². The van der Waals surface area contributed by atoms with Crippen LogP contribution < -0.4 is 10.2 Å². The van der Waals surface area contributed by atoms with Crippen LogP contribution in [-0.4, -0.2) is 51.5 Å². The number of ether oxygens (including phenoxy) is 1. The van der Waals surface area contributed by atoms with Crippen molar-refractivity contribution in [3.63, 3.8) is 0 Å². The summed E-state index contributed by atoms with van der Waals surface area (Å²) in [5.41, 5.74) is 1.24. The Morgan fingerprint density at radius 2 is 1.69 bits per heavy atom. The molecule has 1 N–H and O–H groups in total. The molecule has 0 saturated carbocycles. The van der Waals surface area contributed by atoms with Gasteiger partial charge < -0.3 is 10.1 Å². The maximum atomic E-state index is 12.8. The molecule has 0 bridgehead atoms. The molecule has 3 rings (SSSR count). The highest BCUT2D eigenvalue weighted by Gasteiger charge is 2.32. The number of hydrogen-bond acceptors (Lipinski definition) is 5. The van der Waals surface area contributed by atoms with E-state index in [0.29, 0.717) is 29.2 Å². The van der Waals surface area contributed by atoms with Crippen molar-refractivity contribution in [1.82, 2.24) is 4.31 Å². The van der Waals surface area contributed by atoms with Crippen LogP contribution in [0, 0.1) is 5.92 Å². The zero-order chi connectivity index (χ0) is 23.3. The highest BCUT2D eigenvalue weighted by atomic mass is 35.5. The lowest BCUT2D eigenvalue weighted by Gasteiger charge is -2.30. The van der Waals surface area contributed by atoms with Gasteiger partial charge in [-0.25, -0.2) is 13.2 Å². The molecule has 1 saturated heterocycles. The number of hydrogen-bond donors (Lipinski definition) is 1. The standard InChI is InChI=1S/C22H26ClN3O5S/c1-3-31-22(28)25(2)19-8-6-18(7-9-19)24-21(27)16-12-14-26(15-13-16)32(29,30)20-10-4-17(23)5-11-20/h4-11,16H,3,12-15H2,1-2H3,(H,24,27). The van der Waals surface area contributed by atoms with Crippen molar-refractivity contribution >= 4 is 45.0 Å².